The monoisotopic (exact) mass is 651 g/mol. The molecule has 0 N–H and O–H groups in total. The highest BCUT2D eigenvalue weighted by atomic mass is 16.3. The first-order valence-corrected chi connectivity index (χ1v) is 16.9. The van der Waals surface area contributed by atoms with Crippen LogP contribution in [0.2, 0.25) is 0 Å². The molecule has 0 spiro atoms. The van der Waals surface area contributed by atoms with E-state index in [1.165, 1.54) is 0 Å². The maximum atomic E-state index is 9.46. The van der Waals surface area contributed by atoms with E-state index in [-0.39, 0.29) is 0 Å². The van der Waals surface area contributed by atoms with Gasteiger partial charge in [0.05, 0.1) is 23.0 Å². The van der Waals surface area contributed by atoms with Crippen LogP contribution in [0, 0.1) is 11.3 Å². The third-order valence-corrected chi connectivity index (χ3v) is 9.34. The van der Waals surface area contributed by atoms with E-state index < -0.39 is 0 Å². The molecule has 0 fully saturated rings. The number of aromatic nitrogens is 2. The van der Waals surface area contributed by atoms with Gasteiger partial charge in [-0.05, 0) is 75.0 Å². The summed E-state index contributed by atoms with van der Waals surface area (Å²) in [6.45, 7) is 0. The van der Waals surface area contributed by atoms with Gasteiger partial charge in [0, 0.05) is 22.3 Å². The largest absolute Gasteiger partial charge is 0.435 e. The zero-order valence-electron chi connectivity index (χ0n) is 27.5. The van der Waals surface area contributed by atoms with Crippen LogP contribution in [0.4, 0.5) is 0 Å². The number of hydrogen-bond donors (Lipinski definition) is 0. The molecular weight excluding hydrogens is 623 g/mol. The first kappa shape index (κ1) is 30.0. The summed E-state index contributed by atoms with van der Waals surface area (Å²) in [5, 5.41) is 11.8. The normalized spacial score (nSPS) is 11.1. The topological polar surface area (TPSA) is 62.7 Å². The molecule has 2 heterocycles. The molecule has 0 radical (unpaired) electrons. The van der Waals surface area contributed by atoms with Gasteiger partial charge in [0.2, 0.25) is 5.89 Å². The summed E-state index contributed by atoms with van der Waals surface area (Å²) in [5.41, 5.74) is 13.3. The van der Waals surface area contributed by atoms with Crippen molar-refractivity contribution in [2.45, 2.75) is 0 Å². The fourth-order valence-electron chi connectivity index (χ4n) is 6.85. The Labute approximate surface area is 295 Å². The molecule has 0 amide bonds. The van der Waals surface area contributed by atoms with E-state index in [0.717, 1.165) is 77.7 Å². The molecule has 0 aliphatic heterocycles. The van der Waals surface area contributed by atoms with Crippen LogP contribution in [-0.4, -0.2) is 9.97 Å². The molecule has 7 aromatic carbocycles. The minimum atomic E-state index is 0.489. The average molecular weight is 652 g/mol. The minimum Gasteiger partial charge on any atom is -0.435 e. The van der Waals surface area contributed by atoms with Gasteiger partial charge in [-0.15, -0.1) is 0 Å². The van der Waals surface area contributed by atoms with Crippen molar-refractivity contribution in [3.05, 3.63) is 181 Å². The van der Waals surface area contributed by atoms with Crippen LogP contribution in [-0.2, 0) is 0 Å². The SMILES string of the molecule is N#Cc1cccc(-c2nc3cccc(-c4ccc5ccccc5c4-c4ccc(-c5cc(-c6ccccc6)nc(-c6ccccc6)c5)cc4)c3o2)c1. The molecule has 9 rings (SSSR count). The zero-order valence-corrected chi connectivity index (χ0v) is 27.5. The number of nitriles is 1. The molecule has 0 aliphatic rings. The molecule has 4 heteroatoms. The van der Waals surface area contributed by atoms with E-state index in [1.54, 1.807) is 6.07 Å². The third kappa shape index (κ3) is 5.63. The number of nitrogens with zero attached hydrogens (tertiary/aromatic N) is 3. The average Bonchev–Trinajstić information content (AvgIpc) is 3.66. The standard InChI is InChI=1S/C47H29N3O/c48-30-31-11-9-17-37(27-31)47-50-42-20-10-19-41(46(42)51-47)40-26-25-33-12-7-8-18-39(33)45(40)36-23-21-32(22-24-36)38-28-43(34-13-3-1-4-14-34)49-44(29-38)35-15-5-2-6-16-35/h1-29H. The van der Waals surface area contributed by atoms with Crippen molar-refractivity contribution in [1.82, 2.24) is 9.97 Å². The lowest BCUT2D eigenvalue weighted by atomic mass is 9.88. The zero-order chi connectivity index (χ0) is 34.1. The van der Waals surface area contributed by atoms with E-state index >= 15 is 0 Å². The molecule has 0 unspecified atom stereocenters. The Morgan fingerprint density at radius 1 is 0.451 bits per heavy atom. The van der Waals surface area contributed by atoms with E-state index in [1.807, 2.05) is 42.5 Å². The van der Waals surface area contributed by atoms with E-state index in [9.17, 15) is 5.26 Å². The molecule has 0 atom stereocenters. The van der Waals surface area contributed by atoms with Crippen molar-refractivity contribution >= 4 is 21.9 Å². The van der Waals surface area contributed by atoms with Crippen molar-refractivity contribution in [3.8, 4) is 73.4 Å². The minimum absolute atomic E-state index is 0.489. The molecule has 9 aromatic rings. The summed E-state index contributed by atoms with van der Waals surface area (Å²) in [4.78, 5) is 9.90. The second-order valence-corrected chi connectivity index (χ2v) is 12.5. The highest BCUT2D eigenvalue weighted by molar-refractivity contribution is 6.07. The second kappa shape index (κ2) is 12.7. The highest BCUT2D eigenvalue weighted by Crippen LogP contribution is 2.42. The van der Waals surface area contributed by atoms with Crippen molar-refractivity contribution in [2.24, 2.45) is 0 Å². The molecule has 51 heavy (non-hydrogen) atoms. The van der Waals surface area contributed by atoms with Crippen molar-refractivity contribution in [2.75, 3.05) is 0 Å². The molecule has 2 aromatic heterocycles. The van der Waals surface area contributed by atoms with Crippen LogP contribution in [0.15, 0.2) is 180 Å². The number of benzene rings is 7. The Kier molecular flexibility index (Phi) is 7.50. The molecule has 238 valence electrons. The van der Waals surface area contributed by atoms with Gasteiger partial charge < -0.3 is 4.42 Å². The Bertz CT molecular complexity index is 2680. The maximum Gasteiger partial charge on any atom is 0.227 e. The molecule has 0 saturated heterocycles. The number of fused-ring (bicyclic) bond motifs is 2. The number of oxazole rings is 1. The number of para-hydroxylation sites is 1. The fourth-order valence-corrected chi connectivity index (χ4v) is 6.85. The summed E-state index contributed by atoms with van der Waals surface area (Å²) in [7, 11) is 0. The smallest absolute Gasteiger partial charge is 0.227 e. The first-order valence-electron chi connectivity index (χ1n) is 16.9. The van der Waals surface area contributed by atoms with Gasteiger partial charge in [-0.2, -0.15) is 5.26 Å². The summed E-state index contributed by atoms with van der Waals surface area (Å²) < 4.78 is 6.49. The Morgan fingerprint density at radius 2 is 1.10 bits per heavy atom. The molecule has 0 aliphatic carbocycles. The van der Waals surface area contributed by atoms with Gasteiger partial charge >= 0.3 is 0 Å². The Hall–Kier alpha value is -7.09. The quantitative estimate of drug-likeness (QED) is 0.179. The first-order chi connectivity index (χ1) is 25.2. The van der Waals surface area contributed by atoms with Gasteiger partial charge in [-0.3, -0.25) is 0 Å². The van der Waals surface area contributed by atoms with Crippen LogP contribution >= 0.6 is 0 Å². The van der Waals surface area contributed by atoms with Crippen molar-refractivity contribution in [3.63, 3.8) is 0 Å². The number of rotatable bonds is 6. The highest BCUT2D eigenvalue weighted by Gasteiger charge is 2.19. The van der Waals surface area contributed by atoms with E-state index in [0.29, 0.717) is 17.0 Å². The summed E-state index contributed by atoms with van der Waals surface area (Å²) in [6.07, 6.45) is 0. The number of pyridine rings is 1. The predicted molar refractivity (Wildman–Crippen MR) is 207 cm³/mol. The van der Waals surface area contributed by atoms with Crippen LogP contribution in [0.5, 0.6) is 0 Å². The Morgan fingerprint density at radius 3 is 1.82 bits per heavy atom. The van der Waals surface area contributed by atoms with Gasteiger partial charge in [0.25, 0.3) is 0 Å². The fraction of sp³-hybridized carbons (Fsp3) is 0. The Balaban J connectivity index is 1.18. The van der Waals surface area contributed by atoms with Gasteiger partial charge in [-0.25, -0.2) is 9.97 Å². The lowest BCUT2D eigenvalue weighted by molar-refractivity contribution is 0.621. The van der Waals surface area contributed by atoms with Crippen LogP contribution < -0.4 is 0 Å². The maximum absolute atomic E-state index is 9.46. The molecule has 4 nitrogen and oxygen atoms in total. The van der Waals surface area contributed by atoms with Crippen LogP contribution in [0.25, 0.3) is 89.2 Å². The van der Waals surface area contributed by atoms with Crippen molar-refractivity contribution < 1.29 is 4.42 Å². The summed E-state index contributed by atoms with van der Waals surface area (Å²) in [6, 6.07) is 62.4. The van der Waals surface area contributed by atoms with Crippen molar-refractivity contribution in [1.29, 1.82) is 5.26 Å². The van der Waals surface area contributed by atoms with E-state index in [4.69, 9.17) is 14.4 Å². The number of hydrogen-bond acceptors (Lipinski definition) is 4. The second-order valence-electron chi connectivity index (χ2n) is 12.5. The molecule has 0 bridgehead atoms. The molecular formula is C47H29N3O. The van der Waals surface area contributed by atoms with Crippen LogP contribution in [0.1, 0.15) is 5.56 Å². The lowest BCUT2D eigenvalue weighted by Crippen LogP contribution is -1.92. The van der Waals surface area contributed by atoms with Gasteiger partial charge in [0.15, 0.2) is 5.58 Å². The summed E-state index contributed by atoms with van der Waals surface area (Å²) in [5.74, 6) is 0.489. The van der Waals surface area contributed by atoms with Crippen LogP contribution in [0.3, 0.4) is 0 Å². The lowest BCUT2D eigenvalue weighted by Gasteiger charge is -2.15. The van der Waals surface area contributed by atoms with Gasteiger partial charge in [-0.1, -0.05) is 140 Å². The van der Waals surface area contributed by atoms with Gasteiger partial charge in [0.1, 0.15) is 5.52 Å². The third-order valence-electron chi connectivity index (χ3n) is 9.34. The van der Waals surface area contributed by atoms with E-state index in [2.05, 4.69) is 133 Å². The summed E-state index contributed by atoms with van der Waals surface area (Å²) >= 11 is 0. The molecule has 0 saturated carbocycles. The predicted octanol–water partition coefficient (Wildman–Crippen LogP) is 12.2.